The monoisotopic (exact) mass is 250 g/mol. The van der Waals surface area contributed by atoms with Gasteiger partial charge in [0.1, 0.15) is 0 Å². The Morgan fingerprint density at radius 1 is 1.39 bits per heavy atom. The average molecular weight is 250 g/mol. The highest BCUT2D eigenvalue weighted by atomic mass is 16.5. The van der Waals surface area contributed by atoms with Crippen molar-refractivity contribution in [3.05, 3.63) is 29.3 Å². The van der Waals surface area contributed by atoms with E-state index in [0.717, 1.165) is 37.6 Å². The molecule has 1 aliphatic rings. The normalized spacial score (nSPS) is 17.8. The second-order valence-corrected chi connectivity index (χ2v) is 4.74. The molecule has 4 heteroatoms. The molecule has 2 N–H and O–H groups in total. The van der Waals surface area contributed by atoms with E-state index in [1.54, 1.807) is 0 Å². The summed E-state index contributed by atoms with van der Waals surface area (Å²) in [5.74, 6) is 0. The molecule has 100 valence electrons. The van der Waals surface area contributed by atoms with Crippen molar-refractivity contribution in [2.75, 3.05) is 44.8 Å². The molecule has 1 saturated heterocycles. The molecule has 1 aliphatic heterocycles. The fourth-order valence-corrected chi connectivity index (χ4v) is 2.34. The van der Waals surface area contributed by atoms with Crippen LogP contribution in [0.3, 0.4) is 0 Å². The van der Waals surface area contributed by atoms with Crippen LogP contribution in [-0.4, -0.2) is 45.0 Å². The largest absolute Gasteiger partial charge is 0.387 e. The summed E-state index contributed by atoms with van der Waals surface area (Å²) in [5.41, 5.74) is 3.31. The second-order valence-electron chi connectivity index (χ2n) is 4.74. The van der Waals surface area contributed by atoms with Crippen molar-refractivity contribution in [2.45, 2.75) is 13.0 Å². The van der Waals surface area contributed by atoms with E-state index in [4.69, 9.17) is 4.74 Å². The Kier molecular flexibility index (Phi) is 4.58. The van der Waals surface area contributed by atoms with Gasteiger partial charge in [-0.25, -0.2) is 0 Å². The van der Waals surface area contributed by atoms with Crippen molar-refractivity contribution in [3.8, 4) is 0 Å². The fourth-order valence-electron chi connectivity index (χ4n) is 2.34. The van der Waals surface area contributed by atoms with Crippen molar-refractivity contribution < 1.29 is 9.84 Å². The third kappa shape index (κ3) is 3.02. The van der Waals surface area contributed by atoms with Gasteiger partial charge in [0.15, 0.2) is 0 Å². The van der Waals surface area contributed by atoms with E-state index in [9.17, 15) is 5.11 Å². The summed E-state index contributed by atoms with van der Waals surface area (Å²) in [6.07, 6.45) is -0.465. The first-order chi connectivity index (χ1) is 8.72. The second kappa shape index (κ2) is 6.18. The van der Waals surface area contributed by atoms with Crippen LogP contribution in [0.1, 0.15) is 17.2 Å². The number of aryl methyl sites for hydroxylation is 1. The van der Waals surface area contributed by atoms with Gasteiger partial charge < -0.3 is 20.1 Å². The summed E-state index contributed by atoms with van der Waals surface area (Å²) in [6.45, 7) is 5.93. The van der Waals surface area contributed by atoms with E-state index in [2.05, 4.69) is 35.3 Å². The van der Waals surface area contributed by atoms with Crippen LogP contribution in [0.15, 0.2) is 18.2 Å². The maximum absolute atomic E-state index is 10.2. The molecule has 1 aromatic rings. The number of rotatable bonds is 4. The number of anilines is 1. The quantitative estimate of drug-likeness (QED) is 0.839. The fraction of sp³-hybridized carbons (Fsp3) is 0.571. The molecule has 0 radical (unpaired) electrons. The van der Waals surface area contributed by atoms with Crippen LogP contribution in [0.25, 0.3) is 0 Å². The van der Waals surface area contributed by atoms with Crippen LogP contribution < -0.4 is 10.2 Å². The van der Waals surface area contributed by atoms with E-state index in [-0.39, 0.29) is 0 Å². The standard InChI is InChI=1S/C14H22N2O2/c1-11-3-4-13(16-5-7-18-8-6-16)12(9-11)14(17)10-15-2/h3-4,9,14-15,17H,5-8,10H2,1-2H3. The molecule has 1 aromatic carbocycles. The van der Waals surface area contributed by atoms with Gasteiger partial charge in [-0.05, 0) is 20.0 Å². The summed E-state index contributed by atoms with van der Waals surface area (Å²) in [7, 11) is 1.85. The zero-order valence-electron chi connectivity index (χ0n) is 11.1. The Hall–Kier alpha value is -1.10. The number of benzene rings is 1. The number of likely N-dealkylation sites (N-methyl/N-ethyl adjacent to an activating group) is 1. The number of hydrogen-bond acceptors (Lipinski definition) is 4. The Bertz CT molecular complexity index is 389. The Morgan fingerprint density at radius 3 is 2.78 bits per heavy atom. The van der Waals surface area contributed by atoms with Gasteiger partial charge in [0, 0.05) is 30.9 Å². The average Bonchev–Trinajstić information content (AvgIpc) is 2.40. The lowest BCUT2D eigenvalue weighted by molar-refractivity contribution is 0.122. The van der Waals surface area contributed by atoms with E-state index in [1.807, 2.05) is 7.05 Å². The molecule has 1 fully saturated rings. The van der Waals surface area contributed by atoms with E-state index in [1.165, 1.54) is 5.56 Å². The number of aliphatic hydroxyl groups is 1. The van der Waals surface area contributed by atoms with Gasteiger partial charge in [0.05, 0.1) is 19.3 Å². The van der Waals surface area contributed by atoms with Crippen LogP contribution in [0.2, 0.25) is 0 Å². The zero-order chi connectivity index (χ0) is 13.0. The number of hydrogen-bond donors (Lipinski definition) is 2. The minimum absolute atomic E-state index is 0.465. The van der Waals surface area contributed by atoms with Crippen molar-refractivity contribution in [2.24, 2.45) is 0 Å². The van der Waals surface area contributed by atoms with E-state index < -0.39 is 6.10 Å². The molecule has 18 heavy (non-hydrogen) atoms. The van der Waals surface area contributed by atoms with E-state index in [0.29, 0.717) is 6.54 Å². The summed E-state index contributed by atoms with van der Waals surface area (Å²) < 4.78 is 5.38. The van der Waals surface area contributed by atoms with Gasteiger partial charge >= 0.3 is 0 Å². The third-order valence-corrected chi connectivity index (χ3v) is 3.29. The molecule has 0 aromatic heterocycles. The predicted octanol–water partition coefficient (Wildman–Crippen LogP) is 1.08. The minimum atomic E-state index is -0.465. The molecule has 1 unspecified atom stereocenters. The molecule has 0 spiro atoms. The lowest BCUT2D eigenvalue weighted by Crippen LogP contribution is -2.37. The van der Waals surface area contributed by atoms with Crippen molar-refractivity contribution in [3.63, 3.8) is 0 Å². The topological polar surface area (TPSA) is 44.7 Å². The number of morpholine rings is 1. The molecule has 4 nitrogen and oxygen atoms in total. The predicted molar refractivity (Wildman–Crippen MR) is 73.1 cm³/mol. The SMILES string of the molecule is CNCC(O)c1cc(C)ccc1N1CCOCC1. The molecule has 2 rings (SSSR count). The van der Waals surface area contributed by atoms with Crippen LogP contribution in [0.4, 0.5) is 5.69 Å². The highest BCUT2D eigenvalue weighted by Crippen LogP contribution is 2.28. The smallest absolute Gasteiger partial charge is 0.0934 e. The molecule has 0 amide bonds. The first-order valence-corrected chi connectivity index (χ1v) is 6.48. The van der Waals surface area contributed by atoms with E-state index >= 15 is 0 Å². The van der Waals surface area contributed by atoms with Crippen LogP contribution in [0, 0.1) is 6.92 Å². The molecule has 1 atom stereocenters. The molecular formula is C14H22N2O2. The van der Waals surface area contributed by atoms with Gasteiger partial charge in [-0.3, -0.25) is 0 Å². The summed E-state index contributed by atoms with van der Waals surface area (Å²) in [4.78, 5) is 2.29. The highest BCUT2D eigenvalue weighted by molar-refractivity contribution is 5.56. The first kappa shape index (κ1) is 13.3. The van der Waals surface area contributed by atoms with Crippen LogP contribution >= 0.6 is 0 Å². The van der Waals surface area contributed by atoms with Gasteiger partial charge in [-0.2, -0.15) is 0 Å². The van der Waals surface area contributed by atoms with Gasteiger partial charge in [0.25, 0.3) is 0 Å². The summed E-state index contributed by atoms with van der Waals surface area (Å²) >= 11 is 0. The van der Waals surface area contributed by atoms with Crippen molar-refractivity contribution >= 4 is 5.69 Å². The number of nitrogens with one attached hydrogen (secondary N) is 1. The number of ether oxygens (including phenoxy) is 1. The van der Waals surface area contributed by atoms with Crippen molar-refractivity contribution in [1.82, 2.24) is 5.32 Å². The maximum atomic E-state index is 10.2. The third-order valence-electron chi connectivity index (χ3n) is 3.29. The van der Waals surface area contributed by atoms with Gasteiger partial charge in [0.2, 0.25) is 0 Å². The van der Waals surface area contributed by atoms with Crippen LogP contribution in [-0.2, 0) is 4.74 Å². The molecule has 0 aliphatic carbocycles. The number of nitrogens with zero attached hydrogens (tertiary/aromatic N) is 1. The first-order valence-electron chi connectivity index (χ1n) is 6.48. The Morgan fingerprint density at radius 2 is 2.11 bits per heavy atom. The highest BCUT2D eigenvalue weighted by Gasteiger charge is 2.18. The van der Waals surface area contributed by atoms with Crippen LogP contribution in [0.5, 0.6) is 0 Å². The zero-order valence-corrected chi connectivity index (χ0v) is 11.1. The molecule has 1 heterocycles. The summed E-state index contributed by atoms with van der Waals surface area (Å²) in [6, 6.07) is 6.28. The molecule has 0 saturated carbocycles. The summed E-state index contributed by atoms with van der Waals surface area (Å²) in [5, 5.41) is 13.3. The lowest BCUT2D eigenvalue weighted by Gasteiger charge is -2.31. The minimum Gasteiger partial charge on any atom is -0.387 e. The van der Waals surface area contributed by atoms with Crippen molar-refractivity contribution in [1.29, 1.82) is 0 Å². The van der Waals surface area contributed by atoms with Gasteiger partial charge in [-0.15, -0.1) is 0 Å². The maximum Gasteiger partial charge on any atom is 0.0934 e. The number of aliphatic hydroxyl groups excluding tert-OH is 1. The molecule has 0 bridgehead atoms. The lowest BCUT2D eigenvalue weighted by atomic mass is 10.0. The Balaban J connectivity index is 2.27. The molecular weight excluding hydrogens is 228 g/mol. The Labute approximate surface area is 109 Å². The van der Waals surface area contributed by atoms with Gasteiger partial charge in [-0.1, -0.05) is 17.7 Å².